The monoisotopic (exact) mass is 627 g/mol. The number of benzene rings is 3. The summed E-state index contributed by atoms with van der Waals surface area (Å²) in [5.74, 6) is -0.690. The van der Waals surface area contributed by atoms with Crippen molar-refractivity contribution in [2.24, 2.45) is 0 Å². The van der Waals surface area contributed by atoms with Crippen LogP contribution in [0.5, 0.6) is 11.5 Å². The molecular weight excluding hydrogens is 611 g/mol. The Labute approximate surface area is 228 Å². The molecule has 7 nitrogen and oxygen atoms in total. The number of hydrogen-bond donors (Lipinski definition) is 1. The van der Waals surface area contributed by atoms with E-state index >= 15 is 0 Å². The van der Waals surface area contributed by atoms with Gasteiger partial charge in [-0.15, -0.1) is 0 Å². The van der Waals surface area contributed by atoms with Crippen LogP contribution in [0.15, 0.2) is 74.9 Å². The minimum absolute atomic E-state index is 0.0578. The molecule has 0 radical (unpaired) electrons. The Bertz CT molecular complexity index is 1540. The number of alkyl halides is 3. The maximum atomic E-state index is 12.9. The van der Waals surface area contributed by atoms with Crippen LogP contribution in [0, 0.1) is 6.92 Å². The first-order valence-electron chi connectivity index (χ1n) is 10.7. The summed E-state index contributed by atoms with van der Waals surface area (Å²) in [5, 5.41) is 1.57. The largest absolute Gasteiger partial charge is 0.488 e. The minimum Gasteiger partial charge on any atom is -0.488 e. The van der Waals surface area contributed by atoms with Gasteiger partial charge in [0.1, 0.15) is 17.3 Å². The van der Waals surface area contributed by atoms with Gasteiger partial charge >= 0.3 is 16.3 Å². The first-order valence-corrected chi connectivity index (χ1v) is 13.7. The molecule has 0 aliphatic carbocycles. The van der Waals surface area contributed by atoms with Crippen molar-refractivity contribution < 1.29 is 40.1 Å². The molecule has 3 aromatic carbocycles. The third-order valence-corrected chi connectivity index (χ3v) is 7.86. The smallest absolute Gasteiger partial charge is 0.416 e. The summed E-state index contributed by atoms with van der Waals surface area (Å²) in [4.78, 5) is 23.6. The average molecular weight is 628 g/mol. The van der Waals surface area contributed by atoms with E-state index in [9.17, 15) is 31.2 Å². The van der Waals surface area contributed by atoms with Gasteiger partial charge in [0, 0.05) is 11.6 Å². The van der Waals surface area contributed by atoms with Gasteiger partial charge in [-0.25, -0.2) is 0 Å². The lowest BCUT2D eigenvalue weighted by molar-refractivity contribution is -0.137. The molecule has 1 aliphatic rings. The highest BCUT2D eigenvalue weighted by Crippen LogP contribution is 2.38. The summed E-state index contributed by atoms with van der Waals surface area (Å²) in [6.07, 6.45) is -3.12. The summed E-state index contributed by atoms with van der Waals surface area (Å²) in [6.45, 7) is 1.62. The number of thioether (sulfide) groups is 1. The van der Waals surface area contributed by atoms with Crippen molar-refractivity contribution in [2.75, 3.05) is 0 Å². The SMILES string of the molecule is Cc1ccc(S(=O)(=O)Oc2cc(OCc3ccc(C(F)(F)F)cc3)c(/C=C3\SC(=O)NC3=O)cc2Br)cc1. The van der Waals surface area contributed by atoms with Gasteiger partial charge in [-0.3, -0.25) is 14.9 Å². The third-order valence-electron chi connectivity index (χ3n) is 5.18. The Morgan fingerprint density at radius 3 is 2.24 bits per heavy atom. The zero-order chi connectivity index (χ0) is 27.7. The van der Waals surface area contributed by atoms with Crippen molar-refractivity contribution in [2.45, 2.75) is 24.6 Å². The van der Waals surface area contributed by atoms with Crippen LogP contribution in [0.25, 0.3) is 6.08 Å². The van der Waals surface area contributed by atoms with E-state index in [-0.39, 0.29) is 37.9 Å². The molecule has 1 fully saturated rings. The second-order valence-corrected chi connectivity index (χ2v) is 11.4. The van der Waals surface area contributed by atoms with E-state index in [1.807, 2.05) is 0 Å². The van der Waals surface area contributed by atoms with Crippen LogP contribution in [0.1, 0.15) is 22.3 Å². The van der Waals surface area contributed by atoms with E-state index in [4.69, 9.17) is 8.92 Å². The van der Waals surface area contributed by atoms with Gasteiger partial charge in [0.05, 0.1) is 14.9 Å². The first kappa shape index (κ1) is 27.7. The zero-order valence-electron chi connectivity index (χ0n) is 19.3. The highest BCUT2D eigenvalue weighted by Gasteiger charge is 2.30. The molecule has 3 aromatic rings. The molecule has 0 atom stereocenters. The Kier molecular flexibility index (Phi) is 7.90. The topological polar surface area (TPSA) is 98.8 Å². The van der Waals surface area contributed by atoms with E-state index < -0.39 is 33.0 Å². The molecule has 198 valence electrons. The lowest BCUT2D eigenvalue weighted by Gasteiger charge is -2.15. The predicted octanol–water partition coefficient (Wildman–Crippen LogP) is 6.45. The standard InChI is InChI=1S/C25H17BrF3NO6S2/c1-14-2-8-18(9-3-14)38(33,34)36-21-12-20(35-13-15-4-6-17(7-5-15)25(27,28)29)16(10-19(21)26)11-22-23(31)30-24(32)37-22/h2-12H,13H2,1H3,(H,30,31,32)/b22-11-. The van der Waals surface area contributed by atoms with E-state index in [0.717, 1.165) is 17.7 Å². The van der Waals surface area contributed by atoms with Crippen LogP contribution in [-0.2, 0) is 27.7 Å². The highest BCUT2D eigenvalue weighted by atomic mass is 79.9. The van der Waals surface area contributed by atoms with Gasteiger partial charge in [0.2, 0.25) is 0 Å². The maximum absolute atomic E-state index is 12.9. The Balaban J connectivity index is 1.67. The Morgan fingerprint density at radius 1 is 1.00 bits per heavy atom. The molecule has 2 amide bonds. The van der Waals surface area contributed by atoms with Crippen LogP contribution < -0.4 is 14.2 Å². The predicted molar refractivity (Wildman–Crippen MR) is 138 cm³/mol. The number of nitrogens with one attached hydrogen (secondary N) is 1. The molecule has 1 saturated heterocycles. The fourth-order valence-electron chi connectivity index (χ4n) is 3.24. The fourth-order valence-corrected chi connectivity index (χ4v) is 5.40. The molecule has 13 heteroatoms. The zero-order valence-corrected chi connectivity index (χ0v) is 22.6. The number of ether oxygens (including phenoxy) is 1. The van der Waals surface area contributed by atoms with Gasteiger partial charge in [0.15, 0.2) is 5.75 Å². The highest BCUT2D eigenvalue weighted by molar-refractivity contribution is 9.10. The molecule has 0 unspecified atom stereocenters. The van der Waals surface area contributed by atoms with Gasteiger partial charge in [-0.05, 0) is 76.6 Å². The minimum atomic E-state index is -4.49. The quantitative estimate of drug-likeness (QED) is 0.237. The summed E-state index contributed by atoms with van der Waals surface area (Å²) >= 11 is 3.93. The Hall–Kier alpha value is -3.29. The summed E-state index contributed by atoms with van der Waals surface area (Å²) in [7, 11) is -4.23. The molecule has 1 aliphatic heterocycles. The van der Waals surface area contributed by atoms with Gasteiger partial charge in [-0.2, -0.15) is 21.6 Å². The molecule has 0 aromatic heterocycles. The second-order valence-electron chi connectivity index (χ2n) is 8.01. The first-order chi connectivity index (χ1) is 17.8. The van der Waals surface area contributed by atoms with Gasteiger partial charge in [0.25, 0.3) is 11.1 Å². The van der Waals surface area contributed by atoms with Crippen LogP contribution in [-0.4, -0.2) is 19.6 Å². The molecule has 4 rings (SSSR count). The Morgan fingerprint density at radius 2 is 1.66 bits per heavy atom. The number of halogens is 4. The van der Waals surface area contributed by atoms with E-state index in [2.05, 4.69) is 21.2 Å². The van der Waals surface area contributed by atoms with Crippen LogP contribution >= 0.6 is 27.7 Å². The molecule has 0 spiro atoms. The number of rotatable bonds is 7. The van der Waals surface area contributed by atoms with Crippen molar-refractivity contribution in [1.82, 2.24) is 5.32 Å². The molecular formula is C25H17BrF3NO6S2. The van der Waals surface area contributed by atoms with Gasteiger partial charge < -0.3 is 8.92 Å². The lowest BCUT2D eigenvalue weighted by Crippen LogP contribution is -2.17. The molecule has 0 bridgehead atoms. The number of carbonyl (C=O) groups excluding carboxylic acids is 2. The van der Waals surface area contributed by atoms with Crippen molar-refractivity contribution in [3.05, 3.63) is 92.3 Å². The molecule has 1 N–H and O–H groups in total. The molecule has 0 saturated carbocycles. The van der Waals surface area contributed by atoms with Crippen LogP contribution in [0.4, 0.5) is 18.0 Å². The van der Waals surface area contributed by atoms with Crippen molar-refractivity contribution >= 4 is 55.0 Å². The number of carbonyl (C=O) groups is 2. The van der Waals surface area contributed by atoms with Crippen molar-refractivity contribution in [3.63, 3.8) is 0 Å². The maximum Gasteiger partial charge on any atom is 0.416 e. The summed E-state index contributed by atoms with van der Waals surface area (Å²) in [6, 6.07) is 13.1. The molecule has 38 heavy (non-hydrogen) atoms. The molecule has 1 heterocycles. The van der Waals surface area contributed by atoms with Crippen LogP contribution in [0.3, 0.4) is 0 Å². The van der Waals surface area contributed by atoms with Crippen molar-refractivity contribution in [1.29, 1.82) is 0 Å². The second kappa shape index (κ2) is 10.8. The number of hydrogen-bond acceptors (Lipinski definition) is 7. The average Bonchev–Trinajstić information content (AvgIpc) is 3.16. The number of amides is 2. The van der Waals surface area contributed by atoms with Gasteiger partial charge in [-0.1, -0.05) is 29.8 Å². The van der Waals surface area contributed by atoms with E-state index in [0.29, 0.717) is 17.3 Å². The normalized spacial score (nSPS) is 15.0. The summed E-state index contributed by atoms with van der Waals surface area (Å²) < 4.78 is 75.6. The van der Waals surface area contributed by atoms with E-state index in [1.54, 1.807) is 19.1 Å². The fraction of sp³-hybridized carbons (Fsp3) is 0.120. The third kappa shape index (κ3) is 6.58. The van der Waals surface area contributed by atoms with E-state index in [1.165, 1.54) is 42.5 Å². The lowest BCUT2D eigenvalue weighted by atomic mass is 10.1. The van der Waals surface area contributed by atoms with Crippen molar-refractivity contribution in [3.8, 4) is 11.5 Å². The number of aryl methyl sites for hydroxylation is 1. The summed E-state index contributed by atoms with van der Waals surface area (Å²) in [5.41, 5.74) is 0.726. The number of imide groups is 1. The van der Waals surface area contributed by atoms with Crippen LogP contribution in [0.2, 0.25) is 0 Å².